The standard InChI is InChI=1S/C15H22N2OS/c1-4-5-11(2)17(3)14(18)10-12-6-8-13(9-7-12)15(16)19/h6-9,11H,4-5,10H2,1-3H3,(H2,16,19). The molecule has 1 aromatic carbocycles. The third-order valence-corrected chi connectivity index (χ3v) is 3.59. The van der Waals surface area contributed by atoms with E-state index in [2.05, 4.69) is 13.8 Å². The lowest BCUT2D eigenvalue weighted by Gasteiger charge is -2.24. The third kappa shape index (κ3) is 4.63. The highest BCUT2D eigenvalue weighted by molar-refractivity contribution is 7.80. The van der Waals surface area contributed by atoms with Crippen LogP contribution in [0.25, 0.3) is 0 Å². The zero-order valence-corrected chi connectivity index (χ0v) is 12.7. The number of thiocarbonyl (C=S) groups is 1. The van der Waals surface area contributed by atoms with Crippen molar-refractivity contribution in [2.45, 2.75) is 39.2 Å². The van der Waals surface area contributed by atoms with Gasteiger partial charge in [0.2, 0.25) is 5.91 Å². The topological polar surface area (TPSA) is 46.3 Å². The molecule has 0 aliphatic rings. The third-order valence-electron chi connectivity index (χ3n) is 3.35. The molecule has 0 radical (unpaired) electrons. The largest absolute Gasteiger partial charge is 0.389 e. The van der Waals surface area contributed by atoms with Crippen LogP contribution < -0.4 is 5.73 Å². The maximum absolute atomic E-state index is 12.1. The Balaban J connectivity index is 2.63. The predicted molar refractivity (Wildman–Crippen MR) is 83.2 cm³/mol. The maximum Gasteiger partial charge on any atom is 0.226 e. The number of benzene rings is 1. The molecule has 0 saturated heterocycles. The van der Waals surface area contributed by atoms with Crippen LogP contribution in [-0.4, -0.2) is 28.9 Å². The van der Waals surface area contributed by atoms with Crippen molar-refractivity contribution in [1.29, 1.82) is 0 Å². The highest BCUT2D eigenvalue weighted by Crippen LogP contribution is 2.09. The summed E-state index contributed by atoms with van der Waals surface area (Å²) in [6, 6.07) is 7.82. The van der Waals surface area contributed by atoms with E-state index < -0.39 is 0 Å². The highest BCUT2D eigenvalue weighted by Gasteiger charge is 2.15. The zero-order chi connectivity index (χ0) is 14.4. The molecule has 0 spiro atoms. The lowest BCUT2D eigenvalue weighted by Crippen LogP contribution is -2.36. The van der Waals surface area contributed by atoms with Crippen LogP contribution in [0.3, 0.4) is 0 Å². The first-order valence-electron chi connectivity index (χ1n) is 6.60. The monoisotopic (exact) mass is 278 g/mol. The highest BCUT2D eigenvalue weighted by atomic mass is 32.1. The second-order valence-electron chi connectivity index (χ2n) is 4.88. The van der Waals surface area contributed by atoms with Crippen LogP contribution in [0.5, 0.6) is 0 Å². The Labute approximate surface area is 120 Å². The predicted octanol–water partition coefficient (Wildman–Crippen LogP) is 2.51. The Bertz CT molecular complexity index is 442. The van der Waals surface area contributed by atoms with Crippen LogP contribution in [0, 0.1) is 0 Å². The van der Waals surface area contributed by atoms with Gasteiger partial charge in [0.25, 0.3) is 0 Å². The summed E-state index contributed by atoms with van der Waals surface area (Å²) in [5.74, 6) is 0.143. The second-order valence-corrected chi connectivity index (χ2v) is 5.32. The van der Waals surface area contributed by atoms with Crippen molar-refractivity contribution in [3.63, 3.8) is 0 Å². The summed E-state index contributed by atoms with van der Waals surface area (Å²) in [6.07, 6.45) is 2.53. The van der Waals surface area contributed by atoms with Gasteiger partial charge in [0.15, 0.2) is 0 Å². The second kappa shape index (κ2) is 7.24. The Kier molecular flexibility index (Phi) is 5.96. The van der Waals surface area contributed by atoms with Gasteiger partial charge in [0.1, 0.15) is 4.99 Å². The summed E-state index contributed by atoms with van der Waals surface area (Å²) in [5, 5.41) is 0. The zero-order valence-electron chi connectivity index (χ0n) is 11.8. The summed E-state index contributed by atoms with van der Waals surface area (Å²) < 4.78 is 0. The number of rotatable bonds is 6. The van der Waals surface area contributed by atoms with Crippen molar-refractivity contribution >= 4 is 23.1 Å². The smallest absolute Gasteiger partial charge is 0.226 e. The van der Waals surface area contributed by atoms with Crippen LogP contribution in [0.4, 0.5) is 0 Å². The molecule has 1 unspecified atom stereocenters. The summed E-state index contributed by atoms with van der Waals surface area (Å²) in [5.41, 5.74) is 7.36. The molecule has 0 aromatic heterocycles. The Morgan fingerprint density at radius 3 is 2.42 bits per heavy atom. The molecule has 0 saturated carbocycles. The van der Waals surface area contributed by atoms with Crippen molar-refractivity contribution in [2.24, 2.45) is 5.73 Å². The number of amides is 1. The van der Waals surface area contributed by atoms with E-state index >= 15 is 0 Å². The Morgan fingerprint density at radius 2 is 1.95 bits per heavy atom. The van der Waals surface area contributed by atoms with Gasteiger partial charge in [0.05, 0.1) is 6.42 Å². The number of nitrogens with two attached hydrogens (primary N) is 1. The lowest BCUT2D eigenvalue weighted by molar-refractivity contribution is -0.131. The van der Waals surface area contributed by atoms with Gasteiger partial charge >= 0.3 is 0 Å². The number of carbonyl (C=O) groups excluding carboxylic acids is 1. The van der Waals surface area contributed by atoms with E-state index in [-0.39, 0.29) is 11.9 Å². The van der Waals surface area contributed by atoms with Gasteiger partial charge in [-0.2, -0.15) is 0 Å². The molecule has 1 rings (SSSR count). The SMILES string of the molecule is CCCC(C)N(C)C(=O)Cc1ccc(C(N)=S)cc1. The first-order valence-corrected chi connectivity index (χ1v) is 7.01. The number of nitrogens with zero attached hydrogens (tertiary/aromatic N) is 1. The molecule has 0 heterocycles. The molecule has 0 bridgehead atoms. The molecule has 0 fully saturated rings. The maximum atomic E-state index is 12.1. The van der Waals surface area contributed by atoms with Crippen LogP contribution >= 0.6 is 12.2 Å². The van der Waals surface area contributed by atoms with Crippen molar-refractivity contribution in [3.05, 3.63) is 35.4 Å². The van der Waals surface area contributed by atoms with Crippen LogP contribution in [0.1, 0.15) is 37.8 Å². The fraction of sp³-hybridized carbons (Fsp3) is 0.467. The first kappa shape index (κ1) is 15.6. The van der Waals surface area contributed by atoms with Gasteiger partial charge in [-0.3, -0.25) is 4.79 Å². The van der Waals surface area contributed by atoms with E-state index in [9.17, 15) is 4.79 Å². The Morgan fingerprint density at radius 1 is 1.37 bits per heavy atom. The molecular formula is C15H22N2OS. The molecule has 0 aliphatic carbocycles. The van der Waals surface area contributed by atoms with E-state index in [1.165, 1.54) is 0 Å². The normalized spacial score (nSPS) is 11.9. The molecule has 3 nitrogen and oxygen atoms in total. The van der Waals surface area contributed by atoms with Crippen LogP contribution in [-0.2, 0) is 11.2 Å². The van der Waals surface area contributed by atoms with Crippen molar-refractivity contribution in [1.82, 2.24) is 4.90 Å². The van der Waals surface area contributed by atoms with Crippen LogP contribution in [0.2, 0.25) is 0 Å². The molecule has 1 aromatic rings. The van der Waals surface area contributed by atoms with Gasteiger partial charge in [-0.1, -0.05) is 49.8 Å². The van der Waals surface area contributed by atoms with Gasteiger partial charge in [0, 0.05) is 18.7 Å². The fourth-order valence-corrected chi connectivity index (χ4v) is 2.08. The van der Waals surface area contributed by atoms with Gasteiger partial charge in [-0.05, 0) is 18.9 Å². The molecule has 0 aliphatic heterocycles. The fourth-order valence-electron chi connectivity index (χ4n) is 1.94. The molecule has 19 heavy (non-hydrogen) atoms. The van der Waals surface area contributed by atoms with Gasteiger partial charge in [-0.15, -0.1) is 0 Å². The summed E-state index contributed by atoms with van der Waals surface area (Å²) in [7, 11) is 1.87. The molecule has 2 N–H and O–H groups in total. The molecule has 1 atom stereocenters. The Hall–Kier alpha value is -1.42. The van der Waals surface area contributed by atoms with E-state index in [4.69, 9.17) is 18.0 Å². The minimum Gasteiger partial charge on any atom is -0.389 e. The number of likely N-dealkylation sites (N-methyl/N-ethyl adjacent to an activating group) is 1. The van der Waals surface area contributed by atoms with E-state index in [1.54, 1.807) is 0 Å². The molecule has 1 amide bonds. The average molecular weight is 278 g/mol. The average Bonchev–Trinajstić information content (AvgIpc) is 2.38. The number of hydrogen-bond donors (Lipinski definition) is 1. The van der Waals surface area contributed by atoms with Gasteiger partial charge in [-0.25, -0.2) is 0 Å². The summed E-state index contributed by atoms with van der Waals surface area (Å²) >= 11 is 4.90. The molecule has 104 valence electrons. The van der Waals surface area contributed by atoms with E-state index in [0.717, 1.165) is 24.0 Å². The minimum absolute atomic E-state index is 0.143. The van der Waals surface area contributed by atoms with Gasteiger partial charge < -0.3 is 10.6 Å². The lowest BCUT2D eigenvalue weighted by atomic mass is 10.1. The quantitative estimate of drug-likeness (QED) is 0.813. The summed E-state index contributed by atoms with van der Waals surface area (Å²) in [4.78, 5) is 14.3. The molecular weight excluding hydrogens is 256 g/mol. The summed E-state index contributed by atoms with van der Waals surface area (Å²) in [6.45, 7) is 4.21. The van der Waals surface area contributed by atoms with E-state index in [0.29, 0.717) is 11.4 Å². The molecule has 4 heteroatoms. The number of carbonyl (C=O) groups is 1. The van der Waals surface area contributed by atoms with E-state index in [1.807, 2.05) is 36.2 Å². The van der Waals surface area contributed by atoms with Crippen LogP contribution in [0.15, 0.2) is 24.3 Å². The van der Waals surface area contributed by atoms with Crippen molar-refractivity contribution in [3.8, 4) is 0 Å². The van der Waals surface area contributed by atoms with Crippen molar-refractivity contribution < 1.29 is 4.79 Å². The first-order chi connectivity index (χ1) is 8.95. The van der Waals surface area contributed by atoms with Crippen molar-refractivity contribution in [2.75, 3.05) is 7.05 Å². The number of hydrogen-bond acceptors (Lipinski definition) is 2. The minimum atomic E-state index is 0.143.